The molecule has 2 aromatic heterocycles. The van der Waals surface area contributed by atoms with Gasteiger partial charge in [0.15, 0.2) is 5.82 Å². The highest BCUT2D eigenvalue weighted by Gasteiger charge is 2.13. The minimum Gasteiger partial charge on any atom is -0.439 e. The number of amides is 1. The van der Waals surface area contributed by atoms with Gasteiger partial charge in [-0.3, -0.25) is 4.79 Å². The van der Waals surface area contributed by atoms with E-state index in [-0.39, 0.29) is 12.5 Å². The molecule has 2 heterocycles. The summed E-state index contributed by atoms with van der Waals surface area (Å²) in [6, 6.07) is 16.5. The van der Waals surface area contributed by atoms with Gasteiger partial charge < -0.3 is 15.2 Å². The van der Waals surface area contributed by atoms with E-state index >= 15 is 0 Å². The largest absolute Gasteiger partial charge is 0.439 e. The van der Waals surface area contributed by atoms with E-state index in [1.807, 2.05) is 47.8 Å². The van der Waals surface area contributed by atoms with Crippen molar-refractivity contribution in [1.82, 2.24) is 9.97 Å². The predicted octanol–water partition coefficient (Wildman–Crippen LogP) is 4.23. The maximum atomic E-state index is 12.6. The summed E-state index contributed by atoms with van der Waals surface area (Å²) in [4.78, 5) is 20.6. The van der Waals surface area contributed by atoms with Crippen LogP contribution in [0.5, 0.6) is 11.6 Å². The minimum absolute atomic E-state index is 0.149. The number of anilines is 1. The third kappa shape index (κ3) is 3.79. The zero-order valence-electron chi connectivity index (χ0n) is 14.1. The molecule has 27 heavy (non-hydrogen) atoms. The van der Waals surface area contributed by atoms with Crippen LogP contribution in [0.4, 0.5) is 5.69 Å². The van der Waals surface area contributed by atoms with Crippen molar-refractivity contribution in [3.63, 3.8) is 0 Å². The summed E-state index contributed by atoms with van der Waals surface area (Å²) in [5.41, 5.74) is 1.38. The maximum absolute atomic E-state index is 12.6. The molecule has 0 atom stereocenters. The Balaban J connectivity index is 1.57. The average Bonchev–Trinajstić information content (AvgIpc) is 3.12. The first kappa shape index (κ1) is 17.1. The fourth-order valence-corrected chi connectivity index (χ4v) is 3.57. The van der Waals surface area contributed by atoms with Gasteiger partial charge in [0.05, 0.1) is 5.56 Å². The molecule has 4 rings (SSSR count). The molecule has 0 fully saturated rings. The Labute approximate surface area is 159 Å². The van der Waals surface area contributed by atoms with Crippen LogP contribution in [0.25, 0.3) is 10.1 Å². The summed E-state index contributed by atoms with van der Waals surface area (Å²) >= 11 is 1.47. The molecule has 0 aliphatic heterocycles. The normalized spacial score (nSPS) is 10.7. The van der Waals surface area contributed by atoms with Crippen molar-refractivity contribution in [1.29, 1.82) is 0 Å². The van der Waals surface area contributed by atoms with Crippen LogP contribution < -0.4 is 10.1 Å². The van der Waals surface area contributed by atoms with E-state index in [2.05, 4.69) is 15.3 Å². The summed E-state index contributed by atoms with van der Waals surface area (Å²) in [5, 5.41) is 14.7. The predicted molar refractivity (Wildman–Crippen MR) is 104 cm³/mol. The number of aromatic nitrogens is 2. The van der Waals surface area contributed by atoms with Crippen molar-refractivity contribution in [2.75, 3.05) is 5.32 Å². The maximum Gasteiger partial charge on any atom is 0.257 e. The fourth-order valence-electron chi connectivity index (χ4n) is 2.60. The van der Waals surface area contributed by atoms with Gasteiger partial charge in [-0.05, 0) is 30.3 Å². The van der Waals surface area contributed by atoms with Crippen LogP contribution in [0.2, 0.25) is 0 Å². The molecule has 0 saturated carbocycles. The molecule has 4 aromatic rings. The van der Waals surface area contributed by atoms with Crippen molar-refractivity contribution in [3.8, 4) is 11.6 Å². The molecule has 0 unspecified atom stereocenters. The molecule has 7 heteroatoms. The second kappa shape index (κ2) is 7.53. The van der Waals surface area contributed by atoms with Crippen molar-refractivity contribution >= 4 is 33.0 Å². The van der Waals surface area contributed by atoms with E-state index in [9.17, 15) is 4.79 Å². The zero-order chi connectivity index (χ0) is 18.6. The lowest BCUT2D eigenvalue weighted by Crippen LogP contribution is -2.10. The first-order valence-corrected chi connectivity index (χ1v) is 9.09. The van der Waals surface area contributed by atoms with E-state index in [0.717, 1.165) is 15.8 Å². The molecule has 1 amide bonds. The molecular formula is C20H15N3O3S. The molecular weight excluding hydrogens is 362 g/mol. The van der Waals surface area contributed by atoms with Crippen LogP contribution in [0.1, 0.15) is 16.2 Å². The number of para-hydroxylation sites is 1. The highest BCUT2D eigenvalue weighted by Crippen LogP contribution is 2.31. The Morgan fingerprint density at radius 1 is 1.15 bits per heavy atom. The Hall–Kier alpha value is -3.29. The van der Waals surface area contributed by atoms with Gasteiger partial charge in [-0.15, -0.1) is 11.3 Å². The van der Waals surface area contributed by atoms with Crippen LogP contribution in [-0.2, 0) is 6.61 Å². The summed E-state index contributed by atoms with van der Waals surface area (Å²) < 4.78 is 6.67. The van der Waals surface area contributed by atoms with Crippen molar-refractivity contribution < 1.29 is 14.6 Å². The van der Waals surface area contributed by atoms with Crippen molar-refractivity contribution in [2.24, 2.45) is 0 Å². The molecule has 0 bridgehead atoms. The number of hydrogen-bond donors (Lipinski definition) is 2. The summed E-state index contributed by atoms with van der Waals surface area (Å²) in [5.74, 6) is 1.10. The van der Waals surface area contributed by atoms with Crippen molar-refractivity contribution in [2.45, 2.75) is 6.61 Å². The first-order valence-electron chi connectivity index (χ1n) is 8.21. The number of benzene rings is 2. The van der Waals surface area contributed by atoms with Crippen LogP contribution in [-0.4, -0.2) is 21.0 Å². The monoisotopic (exact) mass is 377 g/mol. The number of ether oxygens (including phenoxy) is 1. The number of thiophene rings is 1. The lowest BCUT2D eigenvalue weighted by Gasteiger charge is -2.06. The summed E-state index contributed by atoms with van der Waals surface area (Å²) in [6.45, 7) is -0.249. The van der Waals surface area contributed by atoms with Crippen LogP contribution in [0, 0.1) is 0 Å². The number of aliphatic hydroxyl groups excluding tert-OH is 1. The number of nitrogens with zero attached hydrogens (tertiary/aromatic N) is 2. The van der Waals surface area contributed by atoms with E-state index in [4.69, 9.17) is 9.84 Å². The Bertz CT molecular complexity index is 1100. The van der Waals surface area contributed by atoms with Crippen LogP contribution in [0.15, 0.2) is 66.2 Å². The average molecular weight is 377 g/mol. The minimum atomic E-state index is -0.249. The van der Waals surface area contributed by atoms with Gasteiger partial charge in [0.1, 0.15) is 12.4 Å². The standard InChI is InChI=1S/C20H15N3O3S/c24-11-18-21-9-8-19(23-18)26-14-6-7-15-16(12-27-17(15)10-14)20(25)22-13-4-2-1-3-5-13/h1-10,12,24H,11H2,(H,22,25). The lowest BCUT2D eigenvalue weighted by molar-refractivity contribution is 0.102. The van der Waals surface area contributed by atoms with Gasteiger partial charge in [-0.1, -0.05) is 18.2 Å². The number of rotatable bonds is 5. The van der Waals surface area contributed by atoms with E-state index in [1.165, 1.54) is 17.5 Å². The highest BCUT2D eigenvalue weighted by atomic mass is 32.1. The lowest BCUT2D eigenvalue weighted by atomic mass is 10.1. The number of nitrogens with one attached hydrogen (secondary N) is 1. The molecule has 6 nitrogen and oxygen atoms in total. The second-order valence-corrected chi connectivity index (χ2v) is 6.61. The molecule has 134 valence electrons. The van der Waals surface area contributed by atoms with Gasteiger partial charge in [0, 0.05) is 33.4 Å². The third-order valence-electron chi connectivity index (χ3n) is 3.87. The highest BCUT2D eigenvalue weighted by molar-refractivity contribution is 7.17. The quantitative estimate of drug-likeness (QED) is 0.544. The van der Waals surface area contributed by atoms with Gasteiger partial charge in [0.25, 0.3) is 5.91 Å². The summed E-state index contributed by atoms with van der Waals surface area (Å²) in [6.07, 6.45) is 1.53. The smallest absolute Gasteiger partial charge is 0.257 e. The molecule has 0 radical (unpaired) electrons. The molecule has 2 N–H and O–H groups in total. The van der Waals surface area contributed by atoms with Gasteiger partial charge in [-0.25, -0.2) is 4.98 Å². The second-order valence-electron chi connectivity index (χ2n) is 5.70. The van der Waals surface area contributed by atoms with Crippen LogP contribution in [0.3, 0.4) is 0 Å². The van der Waals surface area contributed by atoms with Gasteiger partial charge in [-0.2, -0.15) is 4.98 Å². The zero-order valence-corrected chi connectivity index (χ0v) is 14.9. The number of hydrogen-bond acceptors (Lipinski definition) is 6. The Morgan fingerprint density at radius 2 is 2.00 bits per heavy atom. The van der Waals surface area contributed by atoms with Crippen LogP contribution >= 0.6 is 11.3 Å². The Morgan fingerprint density at radius 3 is 2.81 bits per heavy atom. The Kier molecular flexibility index (Phi) is 4.78. The molecule has 0 aliphatic carbocycles. The number of carbonyl (C=O) groups excluding carboxylic acids is 1. The number of aliphatic hydroxyl groups is 1. The molecule has 0 aliphatic rings. The molecule has 2 aromatic carbocycles. The first-order chi connectivity index (χ1) is 13.2. The fraction of sp³-hybridized carbons (Fsp3) is 0.0500. The molecule has 0 spiro atoms. The summed E-state index contributed by atoms with van der Waals surface area (Å²) in [7, 11) is 0. The van der Waals surface area contributed by atoms with Gasteiger partial charge >= 0.3 is 0 Å². The van der Waals surface area contributed by atoms with Gasteiger partial charge in [0.2, 0.25) is 5.88 Å². The SMILES string of the molecule is O=C(Nc1ccccc1)c1csc2cc(Oc3ccnc(CO)n3)ccc12. The van der Waals surface area contributed by atoms with E-state index < -0.39 is 0 Å². The third-order valence-corrected chi connectivity index (χ3v) is 4.81. The van der Waals surface area contributed by atoms with Crippen molar-refractivity contribution in [3.05, 3.63) is 77.6 Å². The topological polar surface area (TPSA) is 84.3 Å². The van der Waals surface area contributed by atoms with E-state index in [0.29, 0.717) is 23.0 Å². The van der Waals surface area contributed by atoms with E-state index in [1.54, 1.807) is 12.1 Å². The molecule has 0 saturated heterocycles. The number of fused-ring (bicyclic) bond motifs is 1. The number of carbonyl (C=O) groups is 1.